The van der Waals surface area contributed by atoms with Gasteiger partial charge in [-0.2, -0.15) is 0 Å². The Bertz CT molecular complexity index is 468. The van der Waals surface area contributed by atoms with Crippen LogP contribution >= 0.6 is 0 Å². The lowest BCUT2D eigenvalue weighted by molar-refractivity contribution is 0.00606. The number of nitrogens with one attached hydrogen (secondary N) is 1. The van der Waals surface area contributed by atoms with Crippen molar-refractivity contribution in [2.24, 2.45) is 0 Å². The van der Waals surface area contributed by atoms with Crippen LogP contribution in [0.2, 0.25) is 0 Å². The summed E-state index contributed by atoms with van der Waals surface area (Å²) in [7, 11) is 1.57. The number of H-pyrrole nitrogens is 1. The molecule has 1 saturated heterocycles. The minimum Gasteiger partial charge on any atom is -0.494 e. The van der Waals surface area contributed by atoms with Gasteiger partial charge >= 0.3 is 5.97 Å². The number of hydrogen-bond donors (Lipinski definition) is 1. The normalized spacial score (nSPS) is 16.1. The monoisotopic (exact) mass is 280 g/mol. The molecule has 0 spiro atoms. The molecule has 5 nitrogen and oxygen atoms in total. The summed E-state index contributed by atoms with van der Waals surface area (Å²) in [6, 6.07) is 1.88. The summed E-state index contributed by atoms with van der Waals surface area (Å²) < 4.78 is 10.7. The van der Waals surface area contributed by atoms with Crippen molar-refractivity contribution in [1.82, 2.24) is 4.98 Å². The quantitative estimate of drug-likeness (QED) is 0.865. The van der Waals surface area contributed by atoms with E-state index in [1.165, 1.54) is 19.3 Å². The van der Waals surface area contributed by atoms with E-state index >= 15 is 0 Å². The van der Waals surface area contributed by atoms with Crippen LogP contribution in [0.3, 0.4) is 0 Å². The summed E-state index contributed by atoms with van der Waals surface area (Å²) in [5.74, 6) is 1.10. The van der Waals surface area contributed by atoms with Gasteiger partial charge in [-0.1, -0.05) is 0 Å². The zero-order valence-corrected chi connectivity index (χ0v) is 12.8. The molecule has 20 heavy (non-hydrogen) atoms. The van der Waals surface area contributed by atoms with Crippen LogP contribution in [0.15, 0.2) is 6.07 Å². The zero-order valence-electron chi connectivity index (χ0n) is 12.8. The molecule has 1 fully saturated rings. The van der Waals surface area contributed by atoms with E-state index in [4.69, 9.17) is 9.47 Å². The molecule has 1 N–H and O–H groups in total. The fourth-order valence-electron chi connectivity index (χ4n) is 2.37. The number of hydrogen-bond acceptors (Lipinski definition) is 4. The average Bonchev–Trinajstić information content (AvgIpc) is 2.82. The second kappa shape index (κ2) is 5.77. The van der Waals surface area contributed by atoms with Crippen molar-refractivity contribution < 1.29 is 14.3 Å². The Labute approximate surface area is 120 Å². The molecule has 0 aromatic carbocycles. The van der Waals surface area contributed by atoms with Crippen molar-refractivity contribution in [3.63, 3.8) is 0 Å². The predicted octanol–water partition coefficient (Wildman–Crippen LogP) is 2.97. The van der Waals surface area contributed by atoms with Gasteiger partial charge in [-0.15, -0.1) is 0 Å². The first-order valence-corrected chi connectivity index (χ1v) is 7.16. The molecule has 1 aromatic rings. The molecule has 0 unspecified atom stereocenters. The highest BCUT2D eigenvalue weighted by Crippen LogP contribution is 2.28. The number of nitrogens with zero attached hydrogens (tertiary/aromatic N) is 1. The first-order chi connectivity index (χ1) is 9.40. The predicted molar refractivity (Wildman–Crippen MR) is 78.6 cm³/mol. The lowest BCUT2D eigenvalue weighted by atomic mass is 10.1. The van der Waals surface area contributed by atoms with Crippen LogP contribution in [0, 0.1) is 0 Å². The highest BCUT2D eigenvalue weighted by atomic mass is 16.6. The average molecular weight is 280 g/mol. The molecule has 1 aliphatic heterocycles. The van der Waals surface area contributed by atoms with Crippen LogP contribution < -0.4 is 9.64 Å². The third-order valence-electron chi connectivity index (χ3n) is 3.29. The summed E-state index contributed by atoms with van der Waals surface area (Å²) in [5, 5.41) is 0. The van der Waals surface area contributed by atoms with E-state index in [1.807, 2.05) is 26.8 Å². The van der Waals surface area contributed by atoms with E-state index in [9.17, 15) is 4.79 Å². The molecule has 0 atom stereocenters. The molecule has 2 heterocycles. The Kier molecular flexibility index (Phi) is 4.26. The fourth-order valence-corrected chi connectivity index (χ4v) is 2.37. The van der Waals surface area contributed by atoms with Gasteiger partial charge in [0.05, 0.1) is 7.11 Å². The Morgan fingerprint density at radius 1 is 1.25 bits per heavy atom. The van der Waals surface area contributed by atoms with E-state index in [0.717, 1.165) is 18.9 Å². The highest BCUT2D eigenvalue weighted by Gasteiger charge is 2.25. The molecule has 1 aliphatic rings. The van der Waals surface area contributed by atoms with E-state index < -0.39 is 5.60 Å². The number of aromatic amines is 1. The molecule has 1 aromatic heterocycles. The molecule has 0 saturated carbocycles. The van der Waals surface area contributed by atoms with Crippen molar-refractivity contribution in [1.29, 1.82) is 0 Å². The Morgan fingerprint density at radius 3 is 2.45 bits per heavy atom. The van der Waals surface area contributed by atoms with E-state index in [2.05, 4.69) is 9.88 Å². The maximum atomic E-state index is 12.2. The number of carbonyl (C=O) groups excluding carboxylic acids is 1. The lowest BCUT2D eigenvalue weighted by Crippen LogP contribution is -2.29. The third kappa shape index (κ3) is 3.46. The number of carbonyl (C=O) groups is 1. The third-order valence-corrected chi connectivity index (χ3v) is 3.29. The molecule has 0 amide bonds. The maximum Gasteiger partial charge on any atom is 0.359 e. The first-order valence-electron chi connectivity index (χ1n) is 7.16. The van der Waals surface area contributed by atoms with Crippen LogP contribution in [0.5, 0.6) is 5.75 Å². The maximum absolute atomic E-state index is 12.2. The number of anilines is 1. The van der Waals surface area contributed by atoms with Crippen LogP contribution in [-0.4, -0.2) is 36.8 Å². The van der Waals surface area contributed by atoms with Gasteiger partial charge in [0.1, 0.15) is 11.4 Å². The molecule has 2 rings (SSSR count). The topological polar surface area (TPSA) is 54.6 Å². The van der Waals surface area contributed by atoms with Crippen molar-refractivity contribution in [3.05, 3.63) is 11.8 Å². The molecule has 0 radical (unpaired) electrons. The number of rotatable bonds is 3. The minimum absolute atomic E-state index is 0.377. The van der Waals surface area contributed by atoms with Crippen LogP contribution in [0.4, 0.5) is 5.82 Å². The van der Waals surface area contributed by atoms with Gasteiger partial charge in [0.15, 0.2) is 11.4 Å². The van der Waals surface area contributed by atoms with E-state index in [-0.39, 0.29) is 5.97 Å². The number of piperidine rings is 1. The van der Waals surface area contributed by atoms with Crippen molar-refractivity contribution in [3.8, 4) is 5.75 Å². The van der Waals surface area contributed by atoms with Gasteiger partial charge < -0.3 is 19.4 Å². The number of methoxy groups -OCH3 is 1. The van der Waals surface area contributed by atoms with Gasteiger partial charge in [0.25, 0.3) is 0 Å². The fraction of sp³-hybridized carbons (Fsp3) is 0.667. The number of aromatic nitrogens is 1. The van der Waals surface area contributed by atoms with Crippen LogP contribution in [0.25, 0.3) is 0 Å². The summed E-state index contributed by atoms with van der Waals surface area (Å²) >= 11 is 0. The molecule has 0 aliphatic carbocycles. The summed E-state index contributed by atoms with van der Waals surface area (Å²) in [6.45, 7) is 7.58. The molecule has 0 bridgehead atoms. The first kappa shape index (κ1) is 14.8. The Hall–Kier alpha value is -1.65. The number of esters is 1. The van der Waals surface area contributed by atoms with Crippen molar-refractivity contribution in [2.75, 3.05) is 25.1 Å². The smallest absolute Gasteiger partial charge is 0.359 e. The largest absolute Gasteiger partial charge is 0.494 e. The van der Waals surface area contributed by atoms with Gasteiger partial charge in [-0.3, -0.25) is 0 Å². The minimum atomic E-state index is -0.515. The SMILES string of the molecule is COc1cc(N2CCCCC2)[nH]c1C(=O)OC(C)(C)C. The zero-order chi connectivity index (χ0) is 14.8. The Balaban J connectivity index is 2.20. The standard InChI is InChI=1S/C15H24N2O3/c1-15(2,3)20-14(18)13-11(19-4)10-12(16-13)17-8-6-5-7-9-17/h10,16H,5-9H2,1-4H3. The summed E-state index contributed by atoms with van der Waals surface area (Å²) in [6.07, 6.45) is 3.64. The molecular formula is C15H24N2O3. The van der Waals surface area contributed by atoms with Gasteiger partial charge in [0.2, 0.25) is 0 Å². The van der Waals surface area contributed by atoms with Gasteiger partial charge in [0, 0.05) is 19.2 Å². The molecule has 112 valence electrons. The molecule has 5 heteroatoms. The Morgan fingerprint density at radius 2 is 1.90 bits per heavy atom. The van der Waals surface area contributed by atoms with E-state index in [1.54, 1.807) is 7.11 Å². The summed E-state index contributed by atoms with van der Waals surface area (Å²) in [4.78, 5) is 17.6. The van der Waals surface area contributed by atoms with Crippen molar-refractivity contribution in [2.45, 2.75) is 45.6 Å². The van der Waals surface area contributed by atoms with E-state index in [0.29, 0.717) is 11.4 Å². The van der Waals surface area contributed by atoms with Crippen LogP contribution in [-0.2, 0) is 4.74 Å². The summed E-state index contributed by atoms with van der Waals surface area (Å²) in [5.41, 5.74) is -0.124. The van der Waals surface area contributed by atoms with Crippen molar-refractivity contribution >= 4 is 11.8 Å². The lowest BCUT2D eigenvalue weighted by Gasteiger charge is -2.27. The van der Waals surface area contributed by atoms with Gasteiger partial charge in [-0.05, 0) is 40.0 Å². The second-order valence-corrected chi connectivity index (χ2v) is 6.15. The number of ether oxygens (including phenoxy) is 2. The van der Waals surface area contributed by atoms with Gasteiger partial charge in [-0.25, -0.2) is 4.79 Å². The highest BCUT2D eigenvalue weighted by molar-refractivity contribution is 5.92. The second-order valence-electron chi connectivity index (χ2n) is 6.15. The molecular weight excluding hydrogens is 256 g/mol. The van der Waals surface area contributed by atoms with Crippen LogP contribution in [0.1, 0.15) is 50.5 Å².